The van der Waals surface area contributed by atoms with Gasteiger partial charge in [0, 0.05) is 11.8 Å². The first-order valence-corrected chi connectivity index (χ1v) is 7.49. The number of aryl methyl sites for hydroxylation is 1. The maximum Gasteiger partial charge on any atom is 0.354 e. The third-order valence-electron chi connectivity index (χ3n) is 2.53. The van der Waals surface area contributed by atoms with Crippen molar-refractivity contribution in [2.45, 2.75) is 32.8 Å². The number of rotatable bonds is 7. The summed E-state index contributed by atoms with van der Waals surface area (Å²) < 4.78 is 21.6. The number of nitrogens with one attached hydrogen (secondary N) is 1. The van der Waals surface area contributed by atoms with Crippen LogP contribution in [-0.4, -0.2) is 32.0 Å². The van der Waals surface area contributed by atoms with Gasteiger partial charge in [0.05, 0.1) is 0 Å². The Morgan fingerprint density at radius 3 is 2.65 bits per heavy atom. The zero-order chi connectivity index (χ0) is 15.3. The molecule has 1 heterocycles. The van der Waals surface area contributed by atoms with Crippen LogP contribution in [0.25, 0.3) is 0 Å². The number of hydrogen-bond donors (Lipinski definition) is 3. The van der Waals surface area contributed by atoms with Crippen molar-refractivity contribution in [2.75, 3.05) is 6.79 Å². The van der Waals surface area contributed by atoms with Crippen molar-refractivity contribution in [3.05, 3.63) is 32.6 Å². The van der Waals surface area contributed by atoms with Gasteiger partial charge >= 0.3 is 13.3 Å². The minimum atomic E-state index is -4.35. The molecule has 1 unspecified atom stereocenters. The third kappa shape index (κ3) is 4.39. The van der Waals surface area contributed by atoms with Crippen LogP contribution in [0.2, 0.25) is 0 Å². The van der Waals surface area contributed by atoms with Crippen LogP contribution < -0.4 is 11.2 Å². The van der Waals surface area contributed by atoms with E-state index in [-0.39, 0.29) is 13.2 Å². The summed E-state index contributed by atoms with van der Waals surface area (Å²) >= 11 is 0. The summed E-state index contributed by atoms with van der Waals surface area (Å²) in [6, 6.07) is 0. The Labute approximate surface area is 114 Å². The van der Waals surface area contributed by atoms with Gasteiger partial charge in [-0.2, -0.15) is 0 Å². The van der Waals surface area contributed by atoms with Gasteiger partial charge in [-0.15, -0.1) is 0 Å². The molecule has 0 fully saturated rings. The quantitative estimate of drug-likeness (QED) is 0.358. The number of H-pyrrole nitrogens is 1. The highest BCUT2D eigenvalue weighted by Gasteiger charge is 2.27. The molecule has 10 heteroatoms. The number of ether oxygens (including phenoxy) is 2. The van der Waals surface area contributed by atoms with Crippen molar-refractivity contribution in [1.29, 1.82) is 0 Å². The van der Waals surface area contributed by atoms with Gasteiger partial charge in [-0.05, 0) is 13.3 Å². The maximum absolute atomic E-state index is 11.6. The van der Waals surface area contributed by atoms with Crippen molar-refractivity contribution < 1.29 is 23.8 Å². The second-order valence-corrected chi connectivity index (χ2v) is 5.83. The minimum absolute atomic E-state index is 0.110. The zero-order valence-corrected chi connectivity index (χ0v) is 12.0. The average Bonchev–Trinajstić information content (AvgIpc) is 2.36. The Bertz CT molecular complexity index is 602. The molecule has 0 saturated heterocycles. The predicted molar refractivity (Wildman–Crippen MR) is 69.2 cm³/mol. The molecule has 9 nitrogen and oxygen atoms in total. The van der Waals surface area contributed by atoms with E-state index in [1.54, 1.807) is 6.92 Å². The molecule has 3 N–H and O–H groups in total. The standard InChI is InChI=1S/C10H17N2O7P/c1-3-8(20(15,16)17)19-6-18-5-12-9(13)7(2)4-11-10(12)14/h4,8H,3,5-6H2,1-2H3,(H,11,14)(H2,15,16,17). The van der Waals surface area contributed by atoms with Crippen LogP contribution in [-0.2, 0) is 20.8 Å². The fourth-order valence-corrected chi connectivity index (χ4v) is 2.17. The van der Waals surface area contributed by atoms with Crippen LogP contribution in [0.1, 0.15) is 18.9 Å². The van der Waals surface area contributed by atoms with E-state index in [0.717, 1.165) is 4.57 Å². The maximum atomic E-state index is 11.6. The van der Waals surface area contributed by atoms with E-state index in [9.17, 15) is 14.2 Å². The molecule has 1 atom stereocenters. The largest absolute Gasteiger partial charge is 0.354 e. The fourth-order valence-electron chi connectivity index (χ4n) is 1.44. The molecule has 0 bridgehead atoms. The lowest BCUT2D eigenvalue weighted by molar-refractivity contribution is -0.0958. The van der Waals surface area contributed by atoms with E-state index in [0.29, 0.717) is 5.56 Å². The fraction of sp³-hybridized carbons (Fsp3) is 0.600. The molecule has 0 aliphatic heterocycles. The van der Waals surface area contributed by atoms with Crippen molar-refractivity contribution in [3.63, 3.8) is 0 Å². The number of aromatic nitrogens is 2. The summed E-state index contributed by atoms with van der Waals surface area (Å²) in [6.45, 7) is 2.28. The molecule has 0 saturated carbocycles. The summed E-state index contributed by atoms with van der Waals surface area (Å²) in [7, 11) is -4.35. The Morgan fingerprint density at radius 2 is 2.10 bits per heavy atom. The van der Waals surface area contributed by atoms with E-state index in [4.69, 9.17) is 19.3 Å². The predicted octanol–water partition coefficient (Wildman–Crippen LogP) is -0.293. The van der Waals surface area contributed by atoms with Crippen LogP contribution in [0.4, 0.5) is 0 Å². The lowest BCUT2D eigenvalue weighted by Gasteiger charge is -2.17. The van der Waals surface area contributed by atoms with Crippen LogP contribution in [0, 0.1) is 6.92 Å². The van der Waals surface area contributed by atoms with E-state index in [2.05, 4.69) is 4.98 Å². The lowest BCUT2D eigenvalue weighted by atomic mass is 10.4. The van der Waals surface area contributed by atoms with Gasteiger partial charge in [0.15, 0.2) is 5.85 Å². The molecule has 1 aromatic rings. The van der Waals surface area contributed by atoms with E-state index in [1.807, 2.05) is 0 Å². The van der Waals surface area contributed by atoms with Crippen molar-refractivity contribution in [2.24, 2.45) is 0 Å². The normalized spacial score (nSPS) is 13.4. The van der Waals surface area contributed by atoms with E-state index < -0.39 is 31.5 Å². The van der Waals surface area contributed by atoms with Gasteiger partial charge in [0.1, 0.15) is 13.5 Å². The Kier molecular flexibility index (Phi) is 5.85. The molecule has 20 heavy (non-hydrogen) atoms. The van der Waals surface area contributed by atoms with Gasteiger partial charge in [0.25, 0.3) is 5.56 Å². The van der Waals surface area contributed by atoms with E-state index in [1.165, 1.54) is 13.1 Å². The lowest BCUT2D eigenvalue weighted by Crippen LogP contribution is -2.36. The molecular weight excluding hydrogens is 291 g/mol. The first-order valence-electron chi connectivity index (χ1n) is 5.81. The first kappa shape index (κ1) is 16.8. The zero-order valence-electron chi connectivity index (χ0n) is 11.1. The summed E-state index contributed by atoms with van der Waals surface area (Å²) in [5.74, 6) is -1.27. The summed E-state index contributed by atoms with van der Waals surface area (Å²) in [5, 5.41) is 0. The molecule has 0 aromatic carbocycles. The summed E-state index contributed by atoms with van der Waals surface area (Å²) in [6.07, 6.45) is 1.40. The number of hydrogen-bond acceptors (Lipinski definition) is 5. The van der Waals surface area contributed by atoms with Gasteiger partial charge in [0.2, 0.25) is 0 Å². The molecule has 0 aliphatic rings. The Morgan fingerprint density at radius 1 is 1.45 bits per heavy atom. The number of nitrogens with zero attached hydrogens (tertiary/aromatic N) is 1. The molecular formula is C10H17N2O7P. The monoisotopic (exact) mass is 308 g/mol. The van der Waals surface area contributed by atoms with E-state index >= 15 is 0 Å². The van der Waals surface area contributed by atoms with Gasteiger partial charge in [-0.1, -0.05) is 6.92 Å². The van der Waals surface area contributed by atoms with Crippen molar-refractivity contribution >= 4 is 7.60 Å². The second kappa shape index (κ2) is 6.96. The Hall–Kier alpha value is -1.25. The van der Waals surface area contributed by atoms with Crippen molar-refractivity contribution in [3.8, 4) is 0 Å². The third-order valence-corrected chi connectivity index (χ3v) is 3.79. The highest BCUT2D eigenvalue weighted by atomic mass is 31.2. The second-order valence-electron chi connectivity index (χ2n) is 4.08. The molecule has 1 aromatic heterocycles. The van der Waals surface area contributed by atoms with Gasteiger partial charge in [-0.25, -0.2) is 9.36 Å². The first-order chi connectivity index (χ1) is 9.27. The van der Waals surface area contributed by atoms with Crippen molar-refractivity contribution in [1.82, 2.24) is 9.55 Å². The minimum Gasteiger partial charge on any atom is -0.339 e. The molecule has 0 amide bonds. The molecule has 0 spiro atoms. The summed E-state index contributed by atoms with van der Waals surface area (Å²) in [4.78, 5) is 43.3. The molecule has 0 aliphatic carbocycles. The van der Waals surface area contributed by atoms with Crippen LogP contribution in [0.5, 0.6) is 0 Å². The summed E-state index contributed by atoms with van der Waals surface area (Å²) in [5.41, 5.74) is -0.797. The van der Waals surface area contributed by atoms with Crippen LogP contribution in [0.3, 0.4) is 0 Å². The highest BCUT2D eigenvalue weighted by Crippen LogP contribution is 2.43. The topological polar surface area (TPSA) is 131 Å². The SMILES string of the molecule is CCC(OCOCn1c(=O)[nH]cc(C)c1=O)P(=O)(O)O. The van der Waals surface area contributed by atoms with Crippen LogP contribution >= 0.6 is 7.60 Å². The van der Waals surface area contributed by atoms with Gasteiger partial charge < -0.3 is 24.2 Å². The Balaban J connectivity index is 2.58. The van der Waals surface area contributed by atoms with Gasteiger partial charge in [-0.3, -0.25) is 9.36 Å². The molecule has 114 valence electrons. The molecule has 0 radical (unpaired) electrons. The van der Waals surface area contributed by atoms with Crippen LogP contribution in [0.15, 0.2) is 15.8 Å². The average molecular weight is 308 g/mol. The smallest absolute Gasteiger partial charge is 0.339 e. The number of aromatic amines is 1. The molecule has 1 rings (SSSR count). The highest BCUT2D eigenvalue weighted by molar-refractivity contribution is 7.52.